The number of hydrogen-bond acceptors (Lipinski definition) is 9. The number of hydrogen-bond donors (Lipinski definition) is 1. The Hall–Kier alpha value is -2.68. The molecule has 31 heavy (non-hydrogen) atoms. The molecule has 0 saturated carbocycles. The molecule has 0 aromatic heterocycles. The van der Waals surface area contributed by atoms with Crippen molar-refractivity contribution < 1.29 is 43.2 Å². The van der Waals surface area contributed by atoms with Crippen molar-refractivity contribution in [3.8, 4) is 0 Å². The lowest BCUT2D eigenvalue weighted by molar-refractivity contribution is -0.173. The predicted octanol–water partition coefficient (Wildman–Crippen LogP) is 1.48. The minimum atomic E-state index is -1.32. The normalized spacial score (nSPS) is 28.8. The average molecular weight is 438 g/mol. The summed E-state index contributed by atoms with van der Waals surface area (Å²) in [5, 5.41) is 9.77. The van der Waals surface area contributed by atoms with E-state index in [-0.39, 0.29) is 23.7 Å². The van der Waals surface area contributed by atoms with Crippen molar-refractivity contribution in [2.45, 2.75) is 58.3 Å². The van der Waals surface area contributed by atoms with Crippen molar-refractivity contribution in [3.05, 3.63) is 23.8 Å². The number of rotatable bonds is 5. The van der Waals surface area contributed by atoms with E-state index in [1.165, 1.54) is 14.0 Å². The molecule has 0 aromatic carbocycles. The molecule has 1 N–H and O–H groups in total. The minimum Gasteiger partial charge on any atom is -0.466 e. The molecule has 9 nitrogen and oxygen atoms in total. The van der Waals surface area contributed by atoms with Crippen LogP contribution in [0.15, 0.2) is 23.8 Å². The van der Waals surface area contributed by atoms with E-state index in [1.807, 2.05) is 0 Å². The highest BCUT2D eigenvalue weighted by Gasteiger charge is 2.51. The molecule has 1 heterocycles. The standard InChI is InChI=1S/C22H30O9/c1-11(2)20(25)31-19-17-12(3)21(26)30-16(17)9-14(10-23)7-6-8-15(22(27)28-5)18(19)29-13(4)24/h8,11,14,16-19,23H,3,6-7,9-10H2,1-2,4-5H3. The maximum Gasteiger partial charge on any atom is 0.337 e. The van der Waals surface area contributed by atoms with Gasteiger partial charge in [-0.25, -0.2) is 9.59 Å². The smallest absolute Gasteiger partial charge is 0.337 e. The van der Waals surface area contributed by atoms with Crippen LogP contribution in [0.4, 0.5) is 0 Å². The Labute approximate surface area is 181 Å². The summed E-state index contributed by atoms with van der Waals surface area (Å²) in [5.74, 6) is -4.36. The number of allylic oxidation sites excluding steroid dienone is 1. The highest BCUT2D eigenvalue weighted by atomic mass is 16.6. The number of aliphatic hydroxyl groups is 1. The Morgan fingerprint density at radius 1 is 1.29 bits per heavy atom. The molecule has 0 radical (unpaired) electrons. The van der Waals surface area contributed by atoms with Crippen LogP contribution in [0.25, 0.3) is 0 Å². The van der Waals surface area contributed by atoms with Crippen LogP contribution in [0.1, 0.15) is 40.0 Å². The lowest BCUT2D eigenvalue weighted by Crippen LogP contribution is -2.47. The van der Waals surface area contributed by atoms with Crippen molar-refractivity contribution >= 4 is 23.9 Å². The van der Waals surface area contributed by atoms with Crippen LogP contribution in [0.2, 0.25) is 0 Å². The number of esters is 4. The van der Waals surface area contributed by atoms with Gasteiger partial charge in [0, 0.05) is 19.1 Å². The summed E-state index contributed by atoms with van der Waals surface area (Å²) < 4.78 is 21.5. The number of carbonyl (C=O) groups excluding carboxylic acids is 4. The van der Waals surface area contributed by atoms with Gasteiger partial charge in [0.05, 0.1) is 24.5 Å². The van der Waals surface area contributed by atoms with Gasteiger partial charge in [-0.15, -0.1) is 0 Å². The maximum absolute atomic E-state index is 12.6. The molecular formula is C22H30O9. The molecule has 0 bridgehead atoms. The van der Waals surface area contributed by atoms with Gasteiger partial charge in [0.25, 0.3) is 0 Å². The molecule has 1 saturated heterocycles. The highest BCUT2D eigenvalue weighted by molar-refractivity contribution is 5.92. The van der Waals surface area contributed by atoms with Crippen LogP contribution in [-0.4, -0.2) is 61.0 Å². The van der Waals surface area contributed by atoms with Crippen LogP contribution in [-0.2, 0) is 38.1 Å². The Balaban J connectivity index is 2.66. The van der Waals surface area contributed by atoms with Gasteiger partial charge in [0.1, 0.15) is 6.10 Å². The molecule has 2 rings (SSSR count). The van der Waals surface area contributed by atoms with Crippen LogP contribution in [0.3, 0.4) is 0 Å². The SMILES string of the molecule is C=C1C(=O)OC2CC(CO)CCC=C(C(=O)OC)C(OC(C)=O)C(OC(=O)C(C)C)C12. The molecule has 0 amide bonds. The van der Waals surface area contributed by atoms with Crippen LogP contribution in [0.5, 0.6) is 0 Å². The van der Waals surface area contributed by atoms with Crippen LogP contribution < -0.4 is 0 Å². The molecule has 5 atom stereocenters. The lowest BCUT2D eigenvalue weighted by atomic mass is 9.80. The Morgan fingerprint density at radius 3 is 2.52 bits per heavy atom. The quantitative estimate of drug-likeness (QED) is 0.386. The molecule has 1 aliphatic carbocycles. The lowest BCUT2D eigenvalue weighted by Gasteiger charge is -2.35. The summed E-state index contributed by atoms with van der Waals surface area (Å²) in [7, 11) is 1.18. The fraction of sp³-hybridized carbons (Fsp3) is 0.636. The van der Waals surface area contributed by atoms with Gasteiger partial charge >= 0.3 is 23.9 Å². The third-order valence-corrected chi connectivity index (χ3v) is 5.48. The molecule has 172 valence electrons. The predicted molar refractivity (Wildman–Crippen MR) is 107 cm³/mol. The zero-order chi connectivity index (χ0) is 23.3. The zero-order valence-corrected chi connectivity index (χ0v) is 18.3. The van der Waals surface area contributed by atoms with Gasteiger partial charge < -0.3 is 24.1 Å². The first kappa shape index (κ1) is 24.6. The average Bonchev–Trinajstić information content (AvgIpc) is 2.99. The third-order valence-electron chi connectivity index (χ3n) is 5.48. The molecular weight excluding hydrogens is 408 g/mol. The number of fused-ring (bicyclic) bond motifs is 1. The third kappa shape index (κ3) is 5.72. The number of methoxy groups -OCH3 is 1. The van der Waals surface area contributed by atoms with Crippen LogP contribution in [0, 0.1) is 17.8 Å². The summed E-state index contributed by atoms with van der Waals surface area (Å²) in [6.45, 7) is 8.07. The topological polar surface area (TPSA) is 125 Å². The molecule has 0 aromatic rings. The maximum atomic E-state index is 12.6. The van der Waals surface area contributed by atoms with E-state index < -0.39 is 54.0 Å². The first-order chi connectivity index (χ1) is 14.6. The molecule has 0 spiro atoms. The number of carbonyl (C=O) groups is 4. The van der Waals surface area contributed by atoms with Crippen molar-refractivity contribution in [1.82, 2.24) is 0 Å². The number of aliphatic hydroxyl groups excluding tert-OH is 1. The Bertz CT molecular complexity index is 767. The molecule has 9 heteroatoms. The zero-order valence-electron chi connectivity index (χ0n) is 18.3. The van der Waals surface area contributed by atoms with Crippen molar-refractivity contribution in [2.75, 3.05) is 13.7 Å². The van der Waals surface area contributed by atoms with Gasteiger partial charge in [0.15, 0.2) is 12.2 Å². The Morgan fingerprint density at radius 2 is 1.97 bits per heavy atom. The van der Waals surface area contributed by atoms with Crippen molar-refractivity contribution in [3.63, 3.8) is 0 Å². The van der Waals surface area contributed by atoms with E-state index in [0.29, 0.717) is 19.3 Å². The fourth-order valence-corrected chi connectivity index (χ4v) is 3.85. The van der Waals surface area contributed by atoms with E-state index in [1.54, 1.807) is 19.9 Å². The Kier molecular flexibility index (Phi) is 8.38. The highest BCUT2D eigenvalue weighted by Crippen LogP contribution is 2.39. The van der Waals surface area contributed by atoms with E-state index in [9.17, 15) is 24.3 Å². The summed E-state index contributed by atoms with van der Waals surface area (Å²) in [6.07, 6.45) is -0.618. The van der Waals surface area contributed by atoms with Crippen molar-refractivity contribution in [2.24, 2.45) is 17.8 Å². The van der Waals surface area contributed by atoms with Crippen molar-refractivity contribution in [1.29, 1.82) is 0 Å². The molecule has 5 unspecified atom stereocenters. The van der Waals surface area contributed by atoms with Gasteiger partial charge in [-0.05, 0) is 25.2 Å². The summed E-state index contributed by atoms with van der Waals surface area (Å²) >= 11 is 0. The molecule has 2 aliphatic rings. The second kappa shape index (κ2) is 10.6. The van der Waals surface area contributed by atoms with Gasteiger partial charge in [-0.1, -0.05) is 26.5 Å². The van der Waals surface area contributed by atoms with E-state index in [4.69, 9.17) is 18.9 Å². The molecule has 1 aliphatic heterocycles. The number of ether oxygens (including phenoxy) is 4. The van der Waals surface area contributed by atoms with E-state index in [2.05, 4.69) is 6.58 Å². The second-order valence-corrected chi connectivity index (χ2v) is 8.09. The largest absolute Gasteiger partial charge is 0.466 e. The van der Waals surface area contributed by atoms with E-state index in [0.717, 1.165) is 0 Å². The summed E-state index contributed by atoms with van der Waals surface area (Å²) in [6, 6.07) is 0. The van der Waals surface area contributed by atoms with E-state index >= 15 is 0 Å². The molecule has 1 fully saturated rings. The van der Waals surface area contributed by atoms with Gasteiger partial charge in [0.2, 0.25) is 0 Å². The van der Waals surface area contributed by atoms with Crippen LogP contribution >= 0.6 is 0 Å². The van der Waals surface area contributed by atoms with Gasteiger partial charge in [-0.3, -0.25) is 9.59 Å². The first-order valence-electron chi connectivity index (χ1n) is 10.3. The minimum absolute atomic E-state index is 0.0104. The monoisotopic (exact) mass is 438 g/mol. The first-order valence-corrected chi connectivity index (χ1v) is 10.3. The summed E-state index contributed by atoms with van der Waals surface area (Å²) in [5.41, 5.74) is 0.0360. The summed E-state index contributed by atoms with van der Waals surface area (Å²) in [4.78, 5) is 49.4. The fourth-order valence-electron chi connectivity index (χ4n) is 3.85. The van der Waals surface area contributed by atoms with Gasteiger partial charge in [-0.2, -0.15) is 0 Å². The second-order valence-electron chi connectivity index (χ2n) is 8.09.